The van der Waals surface area contributed by atoms with Crippen molar-refractivity contribution in [2.24, 2.45) is 11.8 Å². The zero-order valence-corrected chi connectivity index (χ0v) is 12.6. The summed E-state index contributed by atoms with van der Waals surface area (Å²) in [7, 11) is 0. The minimum Gasteiger partial charge on any atom is -0.481 e. The van der Waals surface area contributed by atoms with Gasteiger partial charge in [-0.1, -0.05) is 13.8 Å². The van der Waals surface area contributed by atoms with Crippen LogP contribution in [0.25, 0.3) is 0 Å². The van der Waals surface area contributed by atoms with Crippen molar-refractivity contribution in [3.05, 3.63) is 22.6 Å². The summed E-state index contributed by atoms with van der Waals surface area (Å²) in [4.78, 5) is 22.6. The largest absolute Gasteiger partial charge is 0.481 e. The zero-order valence-electron chi connectivity index (χ0n) is 11.0. The molecule has 1 atom stereocenters. The number of carbonyl (C=O) groups excluding carboxylic acids is 1. The molecule has 0 spiro atoms. The molecule has 1 aromatic heterocycles. The van der Waals surface area contributed by atoms with Gasteiger partial charge in [0.25, 0.3) is 5.91 Å². The lowest BCUT2D eigenvalue weighted by Crippen LogP contribution is -2.31. The summed E-state index contributed by atoms with van der Waals surface area (Å²) in [5.74, 6) is -0.779. The van der Waals surface area contributed by atoms with Crippen LogP contribution >= 0.6 is 15.9 Å². The second kappa shape index (κ2) is 7.33. The molecule has 5 nitrogen and oxygen atoms in total. The van der Waals surface area contributed by atoms with Crippen LogP contribution in [0.2, 0.25) is 0 Å². The number of aliphatic carboxylic acids is 1. The maximum Gasteiger partial charge on any atom is 0.303 e. The van der Waals surface area contributed by atoms with Gasteiger partial charge in [-0.15, -0.1) is 0 Å². The van der Waals surface area contributed by atoms with Crippen molar-refractivity contribution in [2.45, 2.75) is 26.7 Å². The van der Waals surface area contributed by atoms with Crippen molar-refractivity contribution < 1.29 is 19.1 Å². The van der Waals surface area contributed by atoms with Gasteiger partial charge in [-0.25, -0.2) is 0 Å². The van der Waals surface area contributed by atoms with Crippen molar-refractivity contribution in [3.63, 3.8) is 0 Å². The van der Waals surface area contributed by atoms with E-state index in [4.69, 9.17) is 9.52 Å². The van der Waals surface area contributed by atoms with Crippen LogP contribution in [0.15, 0.2) is 21.4 Å². The van der Waals surface area contributed by atoms with Crippen LogP contribution in [0.3, 0.4) is 0 Å². The van der Waals surface area contributed by atoms with Gasteiger partial charge in [0.2, 0.25) is 0 Å². The maximum atomic E-state index is 11.9. The number of carbonyl (C=O) groups is 2. The molecule has 0 aliphatic carbocycles. The van der Waals surface area contributed by atoms with Crippen molar-refractivity contribution in [1.29, 1.82) is 0 Å². The van der Waals surface area contributed by atoms with Crippen LogP contribution < -0.4 is 5.32 Å². The molecule has 0 unspecified atom stereocenters. The maximum absolute atomic E-state index is 11.9. The molecule has 0 aliphatic rings. The van der Waals surface area contributed by atoms with E-state index in [-0.39, 0.29) is 18.2 Å². The predicted molar refractivity (Wildman–Crippen MR) is 73.9 cm³/mol. The third kappa shape index (κ3) is 5.46. The van der Waals surface area contributed by atoms with Gasteiger partial charge >= 0.3 is 5.97 Å². The molecule has 2 N–H and O–H groups in total. The van der Waals surface area contributed by atoms with Gasteiger partial charge in [0.1, 0.15) is 0 Å². The number of rotatable bonds is 7. The number of halogens is 1. The van der Waals surface area contributed by atoms with E-state index in [1.165, 1.54) is 6.26 Å². The Morgan fingerprint density at radius 1 is 1.47 bits per heavy atom. The second-order valence-corrected chi connectivity index (χ2v) is 5.63. The lowest BCUT2D eigenvalue weighted by atomic mass is 9.94. The lowest BCUT2D eigenvalue weighted by Gasteiger charge is -2.17. The number of nitrogens with one attached hydrogen (secondary N) is 1. The topological polar surface area (TPSA) is 79.5 Å². The fraction of sp³-hybridized carbons (Fsp3) is 0.538. The highest BCUT2D eigenvalue weighted by atomic mass is 79.9. The summed E-state index contributed by atoms with van der Waals surface area (Å²) in [6.45, 7) is 4.41. The van der Waals surface area contributed by atoms with Gasteiger partial charge in [0.05, 0.1) is 11.8 Å². The number of carboxylic acids is 1. The third-order valence-corrected chi connectivity index (χ3v) is 3.30. The Morgan fingerprint density at radius 3 is 2.63 bits per heavy atom. The minimum absolute atomic E-state index is 0.0605. The van der Waals surface area contributed by atoms with E-state index in [0.29, 0.717) is 22.7 Å². The summed E-state index contributed by atoms with van der Waals surface area (Å²) in [5.41, 5.74) is 0.415. The fourth-order valence-electron chi connectivity index (χ4n) is 1.94. The summed E-state index contributed by atoms with van der Waals surface area (Å²) in [6.07, 6.45) is 2.24. The molecule has 0 aromatic carbocycles. The first kappa shape index (κ1) is 15.8. The standard InChI is InChI=1S/C13H18BrNO4/c1-8(2)5-9(6-11(16)17)7-15-13(18)10-3-4-19-12(10)14/h3-4,8-9H,5-7H2,1-2H3,(H,15,18)(H,16,17)/t9-/m0/s1. The Bertz CT molecular complexity index is 442. The first-order valence-electron chi connectivity index (χ1n) is 6.13. The molecule has 106 valence electrons. The van der Waals surface area contributed by atoms with Crippen LogP contribution in [0.1, 0.15) is 37.0 Å². The van der Waals surface area contributed by atoms with Crippen LogP contribution in [-0.2, 0) is 4.79 Å². The number of amides is 1. The number of hydrogen-bond acceptors (Lipinski definition) is 3. The highest BCUT2D eigenvalue weighted by Gasteiger charge is 2.18. The van der Waals surface area contributed by atoms with Gasteiger partial charge in [0.15, 0.2) is 4.67 Å². The van der Waals surface area contributed by atoms with Gasteiger partial charge < -0.3 is 14.8 Å². The molecule has 1 amide bonds. The molecule has 0 bridgehead atoms. The van der Waals surface area contributed by atoms with Crippen molar-refractivity contribution in [3.8, 4) is 0 Å². The minimum atomic E-state index is -0.843. The highest BCUT2D eigenvalue weighted by molar-refractivity contribution is 9.10. The summed E-state index contributed by atoms with van der Waals surface area (Å²) in [6, 6.07) is 1.56. The third-order valence-electron chi connectivity index (χ3n) is 2.68. The second-order valence-electron chi connectivity index (χ2n) is 4.91. The summed E-state index contributed by atoms with van der Waals surface area (Å²) < 4.78 is 5.36. The van der Waals surface area contributed by atoms with E-state index >= 15 is 0 Å². The van der Waals surface area contributed by atoms with E-state index in [9.17, 15) is 9.59 Å². The molecule has 6 heteroatoms. The SMILES string of the molecule is CC(C)C[C@H](CNC(=O)c1ccoc1Br)CC(=O)O. The molecule has 0 aliphatic heterocycles. The predicted octanol–water partition coefficient (Wildman–Crippen LogP) is 2.91. The Labute approximate surface area is 120 Å². The van der Waals surface area contributed by atoms with Crippen LogP contribution in [0, 0.1) is 11.8 Å². The molecule has 0 saturated heterocycles. The summed E-state index contributed by atoms with van der Waals surface area (Å²) in [5, 5.41) is 11.6. The van der Waals surface area contributed by atoms with Crippen LogP contribution in [0.5, 0.6) is 0 Å². The molecule has 0 radical (unpaired) electrons. The Hall–Kier alpha value is -1.30. The molecule has 0 fully saturated rings. The van der Waals surface area contributed by atoms with E-state index in [0.717, 1.165) is 6.42 Å². The average molecular weight is 332 g/mol. The fourth-order valence-corrected chi connectivity index (χ4v) is 2.36. The first-order valence-corrected chi connectivity index (χ1v) is 6.92. The van der Waals surface area contributed by atoms with Gasteiger partial charge in [-0.2, -0.15) is 0 Å². The van der Waals surface area contributed by atoms with E-state index in [1.54, 1.807) is 6.07 Å². The smallest absolute Gasteiger partial charge is 0.303 e. The Morgan fingerprint density at radius 2 is 2.16 bits per heavy atom. The van der Waals surface area contributed by atoms with E-state index in [1.807, 2.05) is 13.8 Å². The Balaban J connectivity index is 2.53. The van der Waals surface area contributed by atoms with Crippen LogP contribution in [-0.4, -0.2) is 23.5 Å². The quantitative estimate of drug-likeness (QED) is 0.805. The average Bonchev–Trinajstić information content (AvgIpc) is 2.70. The van der Waals surface area contributed by atoms with Crippen molar-refractivity contribution >= 4 is 27.8 Å². The van der Waals surface area contributed by atoms with Crippen LogP contribution in [0.4, 0.5) is 0 Å². The molecular formula is C13H18BrNO4. The van der Waals surface area contributed by atoms with Gasteiger partial charge in [0, 0.05) is 13.0 Å². The molecule has 19 heavy (non-hydrogen) atoms. The van der Waals surface area contributed by atoms with Gasteiger partial charge in [-0.3, -0.25) is 9.59 Å². The number of furan rings is 1. The normalized spacial score (nSPS) is 12.4. The zero-order chi connectivity index (χ0) is 14.4. The number of hydrogen-bond donors (Lipinski definition) is 2. The van der Waals surface area contributed by atoms with Crippen molar-refractivity contribution in [2.75, 3.05) is 6.54 Å². The molecule has 1 rings (SSSR count). The van der Waals surface area contributed by atoms with Crippen molar-refractivity contribution in [1.82, 2.24) is 5.32 Å². The highest BCUT2D eigenvalue weighted by Crippen LogP contribution is 2.18. The van der Waals surface area contributed by atoms with Gasteiger partial charge in [-0.05, 0) is 40.3 Å². The lowest BCUT2D eigenvalue weighted by molar-refractivity contribution is -0.138. The summed E-state index contributed by atoms with van der Waals surface area (Å²) >= 11 is 3.13. The Kier molecular flexibility index (Phi) is 6.08. The molecule has 0 saturated carbocycles. The molecule has 1 aromatic rings. The van der Waals surface area contributed by atoms with E-state index in [2.05, 4.69) is 21.2 Å². The first-order chi connectivity index (χ1) is 8.90. The van der Waals surface area contributed by atoms with E-state index < -0.39 is 5.97 Å². The molecular weight excluding hydrogens is 314 g/mol. The molecule has 1 heterocycles. The monoisotopic (exact) mass is 331 g/mol. The number of carboxylic acid groups (broad SMARTS) is 1.